The number of rotatable bonds is 3. The first kappa shape index (κ1) is 16.5. The Bertz CT molecular complexity index is 1130. The summed E-state index contributed by atoms with van der Waals surface area (Å²) in [6.07, 6.45) is 2.67. The molecule has 26 heavy (non-hydrogen) atoms. The van der Waals surface area contributed by atoms with Gasteiger partial charge in [0.15, 0.2) is 15.5 Å². The van der Waals surface area contributed by atoms with E-state index >= 15 is 0 Å². The van der Waals surface area contributed by atoms with Crippen molar-refractivity contribution in [3.63, 3.8) is 0 Å². The van der Waals surface area contributed by atoms with Gasteiger partial charge in [0.25, 0.3) is 5.91 Å². The largest absolute Gasteiger partial charge is 0.364 e. The number of primary amides is 1. The lowest BCUT2D eigenvalue weighted by atomic mass is 9.89. The highest BCUT2D eigenvalue weighted by Crippen LogP contribution is 2.36. The van der Waals surface area contributed by atoms with Crippen LogP contribution in [0.4, 0.5) is 0 Å². The number of hydrogen-bond acceptors (Lipinski definition) is 4. The molecule has 2 aromatic carbocycles. The van der Waals surface area contributed by atoms with Gasteiger partial charge in [-0.05, 0) is 42.7 Å². The maximum absolute atomic E-state index is 11.9. The number of nitrogens with zero attached hydrogens (tertiary/aromatic N) is 2. The van der Waals surface area contributed by atoms with E-state index in [1.54, 1.807) is 16.8 Å². The number of amides is 1. The maximum Gasteiger partial charge on any atom is 0.269 e. The minimum Gasteiger partial charge on any atom is -0.364 e. The van der Waals surface area contributed by atoms with Gasteiger partial charge in [-0.1, -0.05) is 24.3 Å². The van der Waals surface area contributed by atoms with Crippen molar-refractivity contribution in [3.05, 3.63) is 65.4 Å². The zero-order chi connectivity index (χ0) is 18.5. The third-order valence-electron chi connectivity index (χ3n) is 4.64. The van der Waals surface area contributed by atoms with Gasteiger partial charge in [0.05, 0.1) is 16.3 Å². The molecule has 0 saturated carbocycles. The molecule has 1 aliphatic carbocycles. The maximum atomic E-state index is 11.9. The van der Waals surface area contributed by atoms with Crippen molar-refractivity contribution in [3.8, 4) is 16.9 Å². The van der Waals surface area contributed by atoms with Gasteiger partial charge in [-0.15, -0.1) is 0 Å². The van der Waals surface area contributed by atoms with E-state index in [0.29, 0.717) is 12.1 Å². The number of nitrogens with two attached hydrogens (primary N) is 1. The van der Waals surface area contributed by atoms with Crippen LogP contribution in [0, 0.1) is 0 Å². The molecule has 2 N–H and O–H groups in total. The van der Waals surface area contributed by atoms with Crippen molar-refractivity contribution < 1.29 is 13.2 Å². The van der Waals surface area contributed by atoms with Gasteiger partial charge < -0.3 is 5.73 Å². The Hall–Kier alpha value is -2.93. The second-order valence-electron chi connectivity index (χ2n) is 6.38. The van der Waals surface area contributed by atoms with Crippen LogP contribution in [0.3, 0.4) is 0 Å². The minimum atomic E-state index is -3.28. The first-order chi connectivity index (χ1) is 12.4. The van der Waals surface area contributed by atoms with E-state index in [1.807, 2.05) is 18.2 Å². The first-order valence-electron chi connectivity index (χ1n) is 8.17. The van der Waals surface area contributed by atoms with Gasteiger partial charge in [0, 0.05) is 17.4 Å². The predicted molar refractivity (Wildman–Crippen MR) is 98.0 cm³/mol. The minimum absolute atomic E-state index is 0.234. The molecule has 7 heteroatoms. The molecule has 1 heterocycles. The normalized spacial score (nSPS) is 13.1. The molecular weight excluding hydrogens is 350 g/mol. The number of hydrogen-bond donors (Lipinski definition) is 1. The van der Waals surface area contributed by atoms with Crippen LogP contribution in [0.15, 0.2) is 53.4 Å². The Morgan fingerprint density at radius 1 is 1.08 bits per heavy atom. The third-order valence-corrected chi connectivity index (χ3v) is 5.77. The van der Waals surface area contributed by atoms with Crippen LogP contribution in [-0.2, 0) is 22.7 Å². The Kier molecular flexibility index (Phi) is 3.69. The average molecular weight is 367 g/mol. The number of aromatic nitrogens is 2. The third kappa shape index (κ3) is 2.61. The molecule has 1 amide bonds. The van der Waals surface area contributed by atoms with E-state index in [0.717, 1.165) is 23.2 Å². The van der Waals surface area contributed by atoms with Crippen molar-refractivity contribution in [1.29, 1.82) is 0 Å². The zero-order valence-electron chi connectivity index (χ0n) is 14.1. The molecule has 132 valence electrons. The summed E-state index contributed by atoms with van der Waals surface area (Å²) < 4.78 is 25.1. The fourth-order valence-electron chi connectivity index (χ4n) is 3.41. The summed E-state index contributed by atoms with van der Waals surface area (Å²) in [6.45, 7) is 0. The molecule has 4 rings (SSSR count). The Labute approximate surface area is 151 Å². The number of carbonyl (C=O) groups is 1. The summed E-state index contributed by atoms with van der Waals surface area (Å²) in [7, 11) is -3.28. The Morgan fingerprint density at radius 2 is 1.77 bits per heavy atom. The molecule has 0 bridgehead atoms. The molecule has 0 spiro atoms. The molecule has 6 nitrogen and oxygen atoms in total. The van der Waals surface area contributed by atoms with Crippen molar-refractivity contribution >= 4 is 15.7 Å². The second-order valence-corrected chi connectivity index (χ2v) is 8.39. The van der Waals surface area contributed by atoms with Gasteiger partial charge in [-0.3, -0.25) is 4.79 Å². The SMILES string of the molecule is CS(=O)(=O)c1ccc(-n2nc(C(N)=O)c3c2-c2ccccc2CC3)cc1. The Balaban J connectivity index is 1.95. The topological polar surface area (TPSA) is 95.1 Å². The Morgan fingerprint density at radius 3 is 2.42 bits per heavy atom. The highest BCUT2D eigenvalue weighted by Gasteiger charge is 2.27. The van der Waals surface area contributed by atoms with E-state index < -0.39 is 15.7 Å². The van der Waals surface area contributed by atoms with Crippen LogP contribution in [-0.4, -0.2) is 30.4 Å². The quantitative estimate of drug-likeness (QED) is 0.767. The number of sulfone groups is 1. The van der Waals surface area contributed by atoms with Gasteiger partial charge in [0.2, 0.25) is 0 Å². The number of benzene rings is 2. The fraction of sp³-hybridized carbons (Fsp3) is 0.158. The lowest BCUT2D eigenvalue weighted by Gasteiger charge is -2.18. The molecule has 0 atom stereocenters. The van der Waals surface area contributed by atoms with Crippen LogP contribution in [0.5, 0.6) is 0 Å². The van der Waals surface area contributed by atoms with E-state index in [4.69, 9.17) is 5.73 Å². The monoisotopic (exact) mass is 367 g/mol. The highest BCUT2D eigenvalue weighted by molar-refractivity contribution is 7.90. The van der Waals surface area contributed by atoms with Crippen LogP contribution in [0.25, 0.3) is 16.9 Å². The van der Waals surface area contributed by atoms with Gasteiger partial charge in [-0.25, -0.2) is 13.1 Å². The molecule has 0 unspecified atom stereocenters. The van der Waals surface area contributed by atoms with E-state index in [1.165, 1.54) is 24.0 Å². The summed E-state index contributed by atoms with van der Waals surface area (Å²) in [5.41, 5.74) is 10.4. The second kappa shape index (κ2) is 5.81. The van der Waals surface area contributed by atoms with Crippen molar-refractivity contribution in [1.82, 2.24) is 9.78 Å². The van der Waals surface area contributed by atoms with Gasteiger partial charge in [-0.2, -0.15) is 5.10 Å². The molecule has 0 radical (unpaired) electrons. The molecule has 1 aromatic heterocycles. The summed E-state index contributed by atoms with van der Waals surface area (Å²) in [5.74, 6) is -0.563. The summed E-state index contributed by atoms with van der Waals surface area (Å²) >= 11 is 0. The van der Waals surface area contributed by atoms with Crippen LogP contribution < -0.4 is 5.73 Å². The summed E-state index contributed by atoms with van der Waals surface area (Å²) in [5, 5.41) is 4.44. The van der Waals surface area contributed by atoms with Crippen LogP contribution in [0.1, 0.15) is 21.6 Å². The van der Waals surface area contributed by atoms with E-state index in [2.05, 4.69) is 11.2 Å². The lowest BCUT2D eigenvalue weighted by Crippen LogP contribution is -2.15. The molecule has 3 aromatic rings. The fourth-order valence-corrected chi connectivity index (χ4v) is 4.04. The highest BCUT2D eigenvalue weighted by atomic mass is 32.2. The molecule has 1 aliphatic rings. The van der Waals surface area contributed by atoms with Crippen molar-refractivity contribution in [2.24, 2.45) is 5.73 Å². The molecule has 0 fully saturated rings. The van der Waals surface area contributed by atoms with E-state index in [-0.39, 0.29) is 10.6 Å². The first-order valence-corrected chi connectivity index (χ1v) is 10.1. The van der Waals surface area contributed by atoms with Gasteiger partial charge >= 0.3 is 0 Å². The van der Waals surface area contributed by atoms with E-state index in [9.17, 15) is 13.2 Å². The summed E-state index contributed by atoms with van der Waals surface area (Å²) in [4.78, 5) is 12.1. The van der Waals surface area contributed by atoms with Crippen molar-refractivity contribution in [2.75, 3.05) is 6.26 Å². The van der Waals surface area contributed by atoms with Crippen LogP contribution in [0.2, 0.25) is 0 Å². The molecule has 0 saturated heterocycles. The number of aryl methyl sites for hydroxylation is 1. The lowest BCUT2D eigenvalue weighted by molar-refractivity contribution is 0.0994. The van der Waals surface area contributed by atoms with Crippen LogP contribution >= 0.6 is 0 Å². The molecular formula is C19H17N3O3S. The average Bonchev–Trinajstić information content (AvgIpc) is 3.01. The summed E-state index contributed by atoms with van der Waals surface area (Å²) in [6, 6.07) is 14.4. The predicted octanol–water partition coefficient (Wildman–Crippen LogP) is 2.14. The van der Waals surface area contributed by atoms with Gasteiger partial charge in [0.1, 0.15) is 0 Å². The molecule has 0 aliphatic heterocycles. The standard InChI is InChI=1S/C19H17N3O3S/c1-26(24,25)14-9-7-13(8-10-14)22-18-15-5-3-2-4-12(15)6-11-16(18)17(21-22)19(20)23/h2-5,7-10H,6,11H2,1H3,(H2,20,23). The smallest absolute Gasteiger partial charge is 0.269 e. The number of carbonyl (C=O) groups excluding carboxylic acids is 1. The number of fused-ring (bicyclic) bond motifs is 3. The zero-order valence-corrected chi connectivity index (χ0v) is 15.0. The van der Waals surface area contributed by atoms with Crippen molar-refractivity contribution in [2.45, 2.75) is 17.7 Å².